The molecule has 25 heteroatoms. The minimum atomic E-state index is -1.88. The Morgan fingerprint density at radius 3 is 1.77 bits per heavy atom. The van der Waals surface area contributed by atoms with E-state index in [2.05, 4.69) is 54.5 Å². The highest BCUT2D eigenvalue weighted by Gasteiger charge is 2.70. The minimum Gasteiger partial charge on any atom is -0.432 e. The first-order valence-corrected chi connectivity index (χ1v) is 30.5. The Morgan fingerprint density at radius 2 is 1.11 bits per heavy atom. The average Bonchev–Trinajstić information content (AvgIpc) is 0.708. The lowest BCUT2D eigenvalue weighted by Gasteiger charge is -2.71. The van der Waals surface area contributed by atoms with Crippen molar-refractivity contribution in [3.05, 3.63) is 11.6 Å². The Hall–Kier alpha value is -1.71. The second-order valence-electron chi connectivity index (χ2n) is 28.6. The number of hydrogen-bond donors (Lipinski definition) is 14. The van der Waals surface area contributed by atoms with Crippen LogP contribution in [-0.4, -0.2) is 251 Å². The van der Waals surface area contributed by atoms with Crippen LogP contribution in [0.25, 0.3) is 0 Å². The molecule has 0 radical (unpaired) electrons. The molecular formula is C59H96O25. The molecule has 5 aliphatic carbocycles. The first-order valence-electron chi connectivity index (χ1n) is 30.5. The Kier molecular flexibility index (Phi) is 18.5. The van der Waals surface area contributed by atoms with Gasteiger partial charge in [-0.15, -0.1) is 0 Å². The Labute approximate surface area is 490 Å². The fraction of sp³-hybridized carbons (Fsp3) is 0.949. The molecule has 0 bridgehead atoms. The molecule has 5 saturated heterocycles. The predicted molar refractivity (Wildman–Crippen MR) is 287 cm³/mol. The maximum absolute atomic E-state index is 15.1. The van der Waals surface area contributed by atoms with Gasteiger partial charge in [-0.2, -0.15) is 0 Å². The van der Waals surface area contributed by atoms with Crippen molar-refractivity contribution >= 4 is 5.97 Å². The fourth-order valence-corrected chi connectivity index (χ4v) is 17.6. The maximum Gasteiger partial charge on any atom is 0.315 e. The summed E-state index contributed by atoms with van der Waals surface area (Å²) in [7, 11) is 0. The summed E-state index contributed by atoms with van der Waals surface area (Å²) in [5.41, 5.74) is -1.18. The van der Waals surface area contributed by atoms with Crippen LogP contribution in [0.1, 0.15) is 127 Å². The third-order valence-electron chi connectivity index (χ3n) is 23.1. The van der Waals surface area contributed by atoms with E-state index in [1.54, 1.807) is 0 Å². The molecule has 0 aromatic heterocycles. The molecule has 482 valence electrons. The maximum atomic E-state index is 15.1. The van der Waals surface area contributed by atoms with Crippen LogP contribution < -0.4 is 0 Å². The van der Waals surface area contributed by atoms with Crippen LogP contribution in [0.15, 0.2) is 11.6 Å². The minimum absolute atomic E-state index is 0.135. The summed E-state index contributed by atoms with van der Waals surface area (Å²) in [6, 6.07) is 0. The number of ether oxygens (including phenoxy) is 10. The molecular weight excluding hydrogens is 1110 g/mol. The van der Waals surface area contributed by atoms with Crippen molar-refractivity contribution in [1.82, 2.24) is 0 Å². The van der Waals surface area contributed by atoms with Gasteiger partial charge in [0, 0.05) is 0 Å². The quantitative estimate of drug-likeness (QED) is 0.0600. The van der Waals surface area contributed by atoms with E-state index >= 15 is 4.79 Å². The second-order valence-corrected chi connectivity index (χ2v) is 28.6. The molecule has 5 aliphatic heterocycles. The summed E-state index contributed by atoms with van der Waals surface area (Å²) in [5.74, 6) is -0.473. The van der Waals surface area contributed by atoms with Crippen molar-refractivity contribution in [1.29, 1.82) is 0 Å². The van der Waals surface area contributed by atoms with Crippen molar-refractivity contribution in [3.63, 3.8) is 0 Å². The first-order chi connectivity index (χ1) is 39.3. The molecule has 5 heterocycles. The van der Waals surface area contributed by atoms with Gasteiger partial charge in [0.15, 0.2) is 25.2 Å². The number of carbonyl (C=O) groups excluding carboxylic acids is 1. The van der Waals surface area contributed by atoms with Crippen LogP contribution in [-0.2, 0) is 52.2 Å². The zero-order valence-corrected chi connectivity index (χ0v) is 49.7. The summed E-state index contributed by atoms with van der Waals surface area (Å²) in [6.45, 7) is 17.2. The van der Waals surface area contributed by atoms with Crippen molar-refractivity contribution in [2.24, 2.45) is 50.2 Å². The summed E-state index contributed by atoms with van der Waals surface area (Å²) in [5, 5.41) is 151. The monoisotopic (exact) mass is 1200 g/mol. The summed E-state index contributed by atoms with van der Waals surface area (Å²) >= 11 is 0. The highest BCUT2D eigenvalue weighted by molar-refractivity contribution is 5.79. The third-order valence-corrected chi connectivity index (χ3v) is 23.1. The van der Waals surface area contributed by atoms with Crippen molar-refractivity contribution < 1.29 is 124 Å². The van der Waals surface area contributed by atoms with Gasteiger partial charge in [-0.05, 0) is 123 Å². The summed E-state index contributed by atoms with van der Waals surface area (Å²) in [6.07, 6.45) is -28.2. The van der Waals surface area contributed by atoms with E-state index < -0.39 is 184 Å². The standard InChI is InChI=1S/C59H96O25/c1-24-34(63)38(67)41(70)48(76-24)82-46-35(64)25(2)77-51(44(46)73)83-47-36(65)28(62)23-75-52(47)80-33-13-14-56(7)31(55(33,5)6)12-15-58(9)32(56)11-10-26-27-20-54(3,4)16-18-59(27,19-17-57(26,58)8)53(74)84-50-43(72)40(69)45(30(22-61)79-50)81-49-42(71)39(68)37(66)29(21-60)78-49/h10,24-25,27-52,60-73H,11-23H2,1-9H3. The topological polar surface area (TPSA) is 393 Å². The number of allylic oxidation sites excluding steroid dienone is 2. The molecule has 10 aliphatic rings. The second kappa shape index (κ2) is 23.8. The smallest absolute Gasteiger partial charge is 0.315 e. The zero-order chi connectivity index (χ0) is 61.3. The van der Waals surface area contributed by atoms with Crippen LogP contribution in [0.4, 0.5) is 0 Å². The SMILES string of the molecule is CC1OC(OC2C(O)C(C)OC(OC3C(OC4CCC5(C)C(CCC6(C)C5CC=C5C7CC(C)(C)CCC7(C(=O)OC7OC(CO)C(OC8OC(CO)C(O)C(O)C8O)C(O)C7O)CCC56C)C4(C)C)OCC(O)C3O)C2O)C(O)C(O)C1O. The molecule has 32 unspecified atom stereocenters. The lowest BCUT2D eigenvalue weighted by atomic mass is 9.33. The van der Waals surface area contributed by atoms with Crippen LogP contribution in [0.5, 0.6) is 0 Å². The Morgan fingerprint density at radius 1 is 0.536 bits per heavy atom. The highest BCUT2D eigenvalue weighted by atomic mass is 16.8. The van der Waals surface area contributed by atoms with Gasteiger partial charge in [0.1, 0.15) is 104 Å². The molecule has 9 fully saturated rings. The largest absolute Gasteiger partial charge is 0.432 e. The molecule has 32 atom stereocenters. The number of aliphatic hydroxyl groups excluding tert-OH is 14. The van der Waals surface area contributed by atoms with Crippen molar-refractivity contribution in [3.8, 4) is 0 Å². The number of rotatable bonds is 12. The Bertz CT molecular complexity index is 2340. The van der Waals surface area contributed by atoms with E-state index in [9.17, 15) is 71.5 Å². The van der Waals surface area contributed by atoms with Crippen molar-refractivity contribution in [2.75, 3.05) is 19.8 Å². The third kappa shape index (κ3) is 10.8. The number of aliphatic hydroxyl groups is 14. The van der Waals surface area contributed by atoms with Gasteiger partial charge in [-0.25, -0.2) is 0 Å². The van der Waals surface area contributed by atoms with E-state index in [0.717, 1.165) is 32.1 Å². The van der Waals surface area contributed by atoms with Gasteiger partial charge < -0.3 is 119 Å². The molecule has 0 aromatic rings. The predicted octanol–water partition coefficient (Wildman–Crippen LogP) is -1.52. The lowest BCUT2D eigenvalue weighted by molar-refractivity contribution is -0.381. The summed E-state index contributed by atoms with van der Waals surface area (Å²) < 4.78 is 60.1. The fourth-order valence-electron chi connectivity index (χ4n) is 17.6. The zero-order valence-electron chi connectivity index (χ0n) is 49.7. The number of fused-ring (bicyclic) bond motifs is 7. The van der Waals surface area contributed by atoms with Crippen LogP contribution in [0.2, 0.25) is 0 Å². The average molecular weight is 1210 g/mol. The van der Waals surface area contributed by atoms with Crippen LogP contribution in [0, 0.1) is 50.2 Å². The van der Waals surface area contributed by atoms with Crippen molar-refractivity contribution in [2.45, 2.75) is 280 Å². The van der Waals surface area contributed by atoms with E-state index in [4.69, 9.17) is 47.4 Å². The van der Waals surface area contributed by atoms with Gasteiger partial charge in [-0.1, -0.05) is 60.1 Å². The van der Waals surface area contributed by atoms with Gasteiger partial charge in [-0.3, -0.25) is 4.79 Å². The molecule has 0 amide bonds. The molecule has 25 nitrogen and oxygen atoms in total. The van der Waals surface area contributed by atoms with Gasteiger partial charge >= 0.3 is 5.97 Å². The highest BCUT2D eigenvalue weighted by Crippen LogP contribution is 2.76. The van der Waals surface area contributed by atoms with E-state index in [0.29, 0.717) is 32.1 Å². The van der Waals surface area contributed by atoms with E-state index in [-0.39, 0.29) is 46.0 Å². The van der Waals surface area contributed by atoms with Gasteiger partial charge in [0.05, 0.1) is 43.5 Å². The van der Waals surface area contributed by atoms with Crippen LogP contribution >= 0.6 is 0 Å². The number of esters is 1. The molecule has 4 saturated carbocycles. The normalized spacial score (nSPS) is 54.6. The number of carbonyl (C=O) groups is 1. The van der Waals surface area contributed by atoms with Gasteiger partial charge in [0.25, 0.3) is 0 Å². The van der Waals surface area contributed by atoms with Crippen LogP contribution in [0.3, 0.4) is 0 Å². The lowest BCUT2D eigenvalue weighted by Crippen LogP contribution is -2.66. The molecule has 14 N–H and O–H groups in total. The molecule has 10 rings (SSSR count). The first kappa shape index (κ1) is 65.2. The molecule has 0 aromatic carbocycles. The Balaban J connectivity index is 0.841. The molecule has 84 heavy (non-hydrogen) atoms. The number of hydrogen-bond acceptors (Lipinski definition) is 25. The summed E-state index contributed by atoms with van der Waals surface area (Å²) in [4.78, 5) is 15.1. The van der Waals surface area contributed by atoms with E-state index in [1.165, 1.54) is 19.4 Å². The van der Waals surface area contributed by atoms with E-state index in [1.807, 2.05) is 0 Å². The molecule has 0 spiro atoms. The van der Waals surface area contributed by atoms with Gasteiger partial charge in [0.2, 0.25) is 6.29 Å².